The molecule has 1 N–H and O–H groups in total. The lowest BCUT2D eigenvalue weighted by atomic mass is 10.0. The highest BCUT2D eigenvalue weighted by Crippen LogP contribution is 2.27. The molecule has 0 saturated heterocycles. The molecule has 33 heavy (non-hydrogen) atoms. The summed E-state index contributed by atoms with van der Waals surface area (Å²) in [5.74, 6) is -2.45. The minimum atomic E-state index is -1.28. The number of halogens is 1. The normalized spacial score (nSPS) is 13.5. The number of Topliss-reactive ketones (excluding diaryl/α,β-unsaturated/α-hetero) is 1. The molecular formula is C25H18BrNO6. The number of phenolic OH excluding ortho intramolecular Hbond substituents is 1. The largest absolute Gasteiger partial charge is 0.508 e. The molecule has 1 heterocycles. The number of carbonyl (C=O) groups is 4. The number of ether oxygens (including phenoxy) is 1. The summed E-state index contributed by atoms with van der Waals surface area (Å²) in [6.07, 6.45) is -0.0307. The molecule has 4 rings (SSSR count). The number of ketones is 1. The van der Waals surface area contributed by atoms with Gasteiger partial charge in [-0.2, -0.15) is 0 Å². The topological polar surface area (TPSA) is 101 Å². The molecule has 1 unspecified atom stereocenters. The molecule has 0 bridgehead atoms. The van der Waals surface area contributed by atoms with Crippen molar-refractivity contribution in [2.45, 2.75) is 12.5 Å². The molecule has 1 aliphatic rings. The van der Waals surface area contributed by atoms with E-state index in [-0.39, 0.29) is 23.3 Å². The van der Waals surface area contributed by atoms with Gasteiger partial charge in [-0.25, -0.2) is 4.79 Å². The van der Waals surface area contributed by atoms with Crippen LogP contribution in [-0.2, 0) is 16.0 Å². The van der Waals surface area contributed by atoms with Crippen LogP contribution in [0.1, 0.15) is 36.6 Å². The molecule has 0 radical (unpaired) electrons. The van der Waals surface area contributed by atoms with Crippen LogP contribution in [0.15, 0.2) is 77.3 Å². The first-order valence-corrected chi connectivity index (χ1v) is 10.8. The number of hydrogen-bond donors (Lipinski definition) is 1. The van der Waals surface area contributed by atoms with Crippen LogP contribution in [-0.4, -0.2) is 46.2 Å². The third-order valence-electron chi connectivity index (χ3n) is 5.29. The third kappa shape index (κ3) is 4.70. The lowest BCUT2D eigenvalue weighted by Crippen LogP contribution is -2.47. The van der Waals surface area contributed by atoms with Gasteiger partial charge in [0.15, 0.2) is 12.4 Å². The van der Waals surface area contributed by atoms with E-state index in [0.29, 0.717) is 11.1 Å². The third-order valence-corrected chi connectivity index (χ3v) is 5.82. The molecule has 2 amide bonds. The van der Waals surface area contributed by atoms with E-state index in [1.165, 1.54) is 24.3 Å². The summed E-state index contributed by atoms with van der Waals surface area (Å²) in [5, 5.41) is 9.53. The number of amides is 2. The van der Waals surface area contributed by atoms with E-state index in [2.05, 4.69) is 15.9 Å². The quantitative estimate of drug-likeness (QED) is 0.296. The van der Waals surface area contributed by atoms with E-state index < -0.39 is 36.2 Å². The molecule has 166 valence electrons. The first kappa shape index (κ1) is 22.4. The Hall–Kier alpha value is -3.78. The molecular weight excluding hydrogens is 490 g/mol. The predicted molar refractivity (Wildman–Crippen MR) is 122 cm³/mol. The zero-order chi connectivity index (χ0) is 23.5. The van der Waals surface area contributed by atoms with Gasteiger partial charge >= 0.3 is 5.97 Å². The van der Waals surface area contributed by atoms with Crippen molar-refractivity contribution in [1.29, 1.82) is 0 Å². The van der Waals surface area contributed by atoms with E-state index >= 15 is 0 Å². The zero-order valence-electron chi connectivity index (χ0n) is 17.2. The van der Waals surface area contributed by atoms with Gasteiger partial charge in [-0.1, -0.05) is 52.3 Å². The highest BCUT2D eigenvalue weighted by Gasteiger charge is 2.43. The van der Waals surface area contributed by atoms with E-state index in [1.54, 1.807) is 48.5 Å². The maximum Gasteiger partial charge on any atom is 0.330 e. The summed E-state index contributed by atoms with van der Waals surface area (Å²) in [6.45, 7) is -0.532. The minimum Gasteiger partial charge on any atom is -0.508 e. The van der Waals surface area contributed by atoms with Gasteiger partial charge < -0.3 is 9.84 Å². The van der Waals surface area contributed by atoms with E-state index in [1.807, 2.05) is 0 Å². The Morgan fingerprint density at radius 3 is 2.03 bits per heavy atom. The smallest absolute Gasteiger partial charge is 0.330 e. The maximum atomic E-state index is 13.1. The van der Waals surface area contributed by atoms with E-state index in [4.69, 9.17) is 4.74 Å². The highest BCUT2D eigenvalue weighted by atomic mass is 79.9. The summed E-state index contributed by atoms with van der Waals surface area (Å²) < 4.78 is 6.06. The lowest BCUT2D eigenvalue weighted by molar-refractivity contribution is -0.147. The van der Waals surface area contributed by atoms with Crippen molar-refractivity contribution >= 4 is 39.5 Å². The van der Waals surface area contributed by atoms with Gasteiger partial charge in [0.05, 0.1) is 11.1 Å². The Kier molecular flexibility index (Phi) is 6.37. The number of imide groups is 1. The fourth-order valence-electron chi connectivity index (χ4n) is 3.58. The van der Waals surface area contributed by atoms with Crippen molar-refractivity contribution in [3.63, 3.8) is 0 Å². The Labute approximate surface area is 197 Å². The number of hydrogen-bond acceptors (Lipinski definition) is 6. The molecule has 0 aliphatic carbocycles. The Bertz CT molecular complexity index is 1200. The van der Waals surface area contributed by atoms with Gasteiger partial charge in [-0.15, -0.1) is 0 Å². The number of fused-ring (bicyclic) bond motifs is 1. The van der Waals surface area contributed by atoms with Crippen LogP contribution < -0.4 is 0 Å². The maximum absolute atomic E-state index is 13.1. The molecule has 3 aromatic rings. The van der Waals surface area contributed by atoms with E-state index in [9.17, 15) is 24.3 Å². The highest BCUT2D eigenvalue weighted by molar-refractivity contribution is 9.10. The summed E-state index contributed by atoms with van der Waals surface area (Å²) in [5.41, 5.74) is 1.38. The number of phenols is 1. The molecule has 8 heteroatoms. The fraction of sp³-hybridized carbons (Fsp3) is 0.120. The second kappa shape index (κ2) is 9.38. The van der Waals surface area contributed by atoms with Crippen molar-refractivity contribution < 1.29 is 29.0 Å². The first-order valence-electron chi connectivity index (χ1n) is 10.1. The molecule has 7 nitrogen and oxygen atoms in total. The van der Waals surface area contributed by atoms with Crippen LogP contribution in [0.3, 0.4) is 0 Å². The molecule has 0 saturated carbocycles. The monoisotopic (exact) mass is 507 g/mol. The van der Waals surface area contributed by atoms with Crippen LogP contribution in [0.4, 0.5) is 0 Å². The number of rotatable bonds is 7. The van der Waals surface area contributed by atoms with Gasteiger partial charge in [0.25, 0.3) is 11.8 Å². The van der Waals surface area contributed by atoms with Crippen molar-refractivity contribution in [1.82, 2.24) is 4.90 Å². The van der Waals surface area contributed by atoms with Crippen molar-refractivity contribution in [3.8, 4) is 5.75 Å². The fourth-order valence-corrected chi connectivity index (χ4v) is 3.84. The Morgan fingerprint density at radius 2 is 1.45 bits per heavy atom. The molecule has 0 fully saturated rings. The molecule has 1 aliphatic heterocycles. The van der Waals surface area contributed by atoms with Crippen LogP contribution in [0.25, 0.3) is 0 Å². The van der Waals surface area contributed by atoms with Crippen molar-refractivity contribution in [3.05, 3.63) is 99.5 Å². The van der Waals surface area contributed by atoms with Crippen molar-refractivity contribution in [2.24, 2.45) is 0 Å². The number of carbonyl (C=O) groups excluding carboxylic acids is 4. The average Bonchev–Trinajstić information content (AvgIpc) is 3.07. The minimum absolute atomic E-state index is 0.0307. The van der Waals surface area contributed by atoms with Gasteiger partial charge in [0.1, 0.15) is 11.8 Å². The standard InChI is InChI=1S/C25H18BrNO6/c26-17-9-7-16(8-10-17)22(29)14-33-25(32)21(13-15-5-11-18(28)12-6-15)27-23(30)19-3-1-2-4-20(19)24(27)31/h1-12,21,28H,13-14H2. The van der Waals surface area contributed by atoms with Gasteiger partial charge in [0.2, 0.25) is 0 Å². The van der Waals surface area contributed by atoms with Crippen molar-refractivity contribution in [2.75, 3.05) is 6.61 Å². The number of nitrogens with zero attached hydrogens (tertiary/aromatic N) is 1. The molecule has 0 aromatic heterocycles. The number of benzene rings is 3. The number of aromatic hydroxyl groups is 1. The SMILES string of the molecule is O=C(COC(=O)C(Cc1ccc(O)cc1)N1C(=O)c2ccccc2C1=O)c1ccc(Br)cc1. The van der Waals surface area contributed by atoms with E-state index in [0.717, 1.165) is 9.37 Å². The van der Waals surface area contributed by atoms with Gasteiger partial charge in [-0.3, -0.25) is 19.3 Å². The average molecular weight is 508 g/mol. The zero-order valence-corrected chi connectivity index (χ0v) is 18.8. The summed E-state index contributed by atoms with van der Waals surface area (Å²) in [7, 11) is 0. The summed E-state index contributed by atoms with van der Waals surface area (Å²) in [6, 6.07) is 17.7. The summed E-state index contributed by atoms with van der Waals surface area (Å²) in [4.78, 5) is 52.3. The lowest BCUT2D eigenvalue weighted by Gasteiger charge is -2.24. The molecule has 3 aromatic carbocycles. The molecule has 0 spiro atoms. The predicted octanol–water partition coefficient (Wildman–Crippen LogP) is 3.79. The van der Waals surface area contributed by atoms with Crippen LogP contribution in [0.5, 0.6) is 5.75 Å². The van der Waals surface area contributed by atoms with Gasteiger partial charge in [0, 0.05) is 16.5 Å². The van der Waals surface area contributed by atoms with Crippen LogP contribution >= 0.6 is 15.9 Å². The van der Waals surface area contributed by atoms with Crippen LogP contribution in [0, 0.1) is 0 Å². The second-order valence-electron chi connectivity index (χ2n) is 7.45. The Balaban J connectivity index is 1.57. The molecule has 1 atom stereocenters. The summed E-state index contributed by atoms with van der Waals surface area (Å²) >= 11 is 3.29. The second-order valence-corrected chi connectivity index (χ2v) is 8.37. The van der Waals surface area contributed by atoms with Crippen LogP contribution in [0.2, 0.25) is 0 Å². The number of esters is 1. The first-order chi connectivity index (χ1) is 15.8. The Morgan fingerprint density at radius 1 is 0.879 bits per heavy atom. The van der Waals surface area contributed by atoms with Gasteiger partial charge in [-0.05, 0) is 42.0 Å².